The number of carbonyl (C=O) groups excluding carboxylic acids is 3. The van der Waals surface area contributed by atoms with Crippen LogP contribution in [0.2, 0.25) is 0 Å². The van der Waals surface area contributed by atoms with Crippen molar-refractivity contribution in [1.82, 2.24) is 4.90 Å². The molecule has 0 radical (unpaired) electrons. The molecule has 1 fully saturated rings. The number of nitro benzene ring substituents is 1. The van der Waals surface area contributed by atoms with Gasteiger partial charge in [-0.1, -0.05) is 66.7 Å². The van der Waals surface area contributed by atoms with E-state index in [1.807, 2.05) is 55.5 Å². The molecule has 3 aliphatic heterocycles. The molecule has 218 valence electrons. The predicted molar refractivity (Wildman–Crippen MR) is 163 cm³/mol. The molecule has 0 aromatic heterocycles. The molecule has 1 amide bonds. The Hall–Kier alpha value is -5.57. The van der Waals surface area contributed by atoms with Crippen LogP contribution in [0.3, 0.4) is 0 Å². The highest BCUT2D eigenvalue weighted by Gasteiger charge is 2.71. The third-order valence-corrected chi connectivity index (χ3v) is 8.92. The van der Waals surface area contributed by atoms with Crippen molar-refractivity contribution < 1.29 is 24.0 Å². The van der Waals surface area contributed by atoms with E-state index in [9.17, 15) is 19.7 Å². The smallest absolute Gasteiger partial charge is 0.270 e. The van der Waals surface area contributed by atoms with Crippen LogP contribution >= 0.6 is 0 Å². The van der Waals surface area contributed by atoms with Crippen molar-refractivity contribution in [3.63, 3.8) is 0 Å². The Kier molecular flexibility index (Phi) is 6.39. The number of non-ortho nitro benzene ring substituents is 1. The van der Waals surface area contributed by atoms with Gasteiger partial charge in [-0.15, -0.1) is 0 Å². The van der Waals surface area contributed by atoms with E-state index in [-0.39, 0.29) is 22.7 Å². The van der Waals surface area contributed by atoms with E-state index in [0.717, 1.165) is 11.1 Å². The van der Waals surface area contributed by atoms with Gasteiger partial charge < -0.3 is 15.0 Å². The lowest BCUT2D eigenvalue weighted by atomic mass is 9.62. The Balaban J connectivity index is 1.53. The van der Waals surface area contributed by atoms with Gasteiger partial charge in [0.1, 0.15) is 17.2 Å². The van der Waals surface area contributed by atoms with Gasteiger partial charge in [-0.3, -0.25) is 24.5 Å². The van der Waals surface area contributed by atoms with Crippen LogP contribution in [-0.4, -0.2) is 39.9 Å². The summed E-state index contributed by atoms with van der Waals surface area (Å²) in [7, 11) is 0. The summed E-state index contributed by atoms with van der Waals surface area (Å²) in [6.45, 7) is 2.12. The summed E-state index contributed by atoms with van der Waals surface area (Å²) >= 11 is 0. The molecule has 1 N–H and O–H groups in total. The molecule has 1 saturated heterocycles. The van der Waals surface area contributed by atoms with Gasteiger partial charge in [0, 0.05) is 29.6 Å². The number of ketones is 2. The number of hydrogen-bond acceptors (Lipinski definition) is 7. The summed E-state index contributed by atoms with van der Waals surface area (Å²) in [5, 5.41) is 14.7. The molecule has 4 aromatic carbocycles. The third kappa shape index (κ3) is 3.82. The minimum absolute atomic E-state index is 0.0786. The Morgan fingerprint density at radius 3 is 2.52 bits per heavy atom. The average molecular weight is 586 g/mol. The number of rotatable bonds is 7. The van der Waals surface area contributed by atoms with Crippen LogP contribution in [0, 0.1) is 16.0 Å². The van der Waals surface area contributed by atoms with E-state index < -0.39 is 39.9 Å². The summed E-state index contributed by atoms with van der Waals surface area (Å²) in [6.07, 6.45) is 3.64. The van der Waals surface area contributed by atoms with E-state index in [1.165, 1.54) is 24.3 Å². The predicted octanol–water partition coefficient (Wildman–Crippen LogP) is 5.98. The maximum atomic E-state index is 15.1. The first kappa shape index (κ1) is 27.3. The van der Waals surface area contributed by atoms with Crippen molar-refractivity contribution >= 4 is 34.9 Å². The molecular weight excluding hydrogens is 558 g/mol. The van der Waals surface area contributed by atoms with Crippen LogP contribution in [0.25, 0.3) is 6.08 Å². The highest BCUT2D eigenvalue weighted by Crippen LogP contribution is 2.62. The second-order valence-corrected chi connectivity index (χ2v) is 11.1. The number of ether oxygens (including phenoxy) is 1. The van der Waals surface area contributed by atoms with Crippen LogP contribution in [0.4, 0.5) is 11.4 Å². The topological polar surface area (TPSA) is 119 Å². The number of Topliss-reactive ketones (excluding diaryl/α,β-unsaturated/α-hetero) is 2. The largest absolute Gasteiger partial charge is 0.493 e. The zero-order chi connectivity index (χ0) is 30.6. The molecule has 3 heterocycles. The highest BCUT2D eigenvalue weighted by atomic mass is 16.6. The third-order valence-electron chi connectivity index (χ3n) is 8.92. The standard InChI is InChI=1S/C35H27N3O6/c1-2-44-28-17-8-5-14-25(28)32(40)29-30(31(39)22-11-9-12-23(20-22)38(42)43)37-19-18-21-10-3-4-13-24(21)33(37)35(29)26-15-6-7-16-27(26)36-34(35)41/h3-20,29-30,33H,2H2,1H3,(H,36,41)/t29-,30-,33+,35+/m0/s1. The van der Waals surface area contributed by atoms with Gasteiger partial charge in [-0.05, 0) is 47.9 Å². The Morgan fingerprint density at radius 2 is 1.70 bits per heavy atom. The van der Waals surface area contributed by atoms with Crippen LogP contribution < -0.4 is 10.1 Å². The Morgan fingerprint density at radius 1 is 0.955 bits per heavy atom. The lowest BCUT2D eigenvalue weighted by Gasteiger charge is -2.38. The van der Waals surface area contributed by atoms with Gasteiger partial charge >= 0.3 is 0 Å². The van der Waals surface area contributed by atoms with E-state index in [0.29, 0.717) is 23.6 Å². The molecule has 1 spiro atoms. The lowest BCUT2D eigenvalue weighted by molar-refractivity contribution is -0.384. The fourth-order valence-corrected chi connectivity index (χ4v) is 7.23. The Labute approximate surface area is 252 Å². The molecule has 44 heavy (non-hydrogen) atoms. The van der Waals surface area contributed by atoms with Gasteiger partial charge in [0.05, 0.1) is 29.1 Å². The average Bonchev–Trinajstić information content (AvgIpc) is 3.53. The van der Waals surface area contributed by atoms with Crippen molar-refractivity contribution in [1.29, 1.82) is 0 Å². The van der Waals surface area contributed by atoms with Gasteiger partial charge in [0.15, 0.2) is 11.6 Å². The van der Waals surface area contributed by atoms with Gasteiger partial charge in [-0.25, -0.2) is 0 Å². The molecule has 4 aromatic rings. The second-order valence-electron chi connectivity index (χ2n) is 11.1. The van der Waals surface area contributed by atoms with Crippen LogP contribution in [0.15, 0.2) is 103 Å². The monoisotopic (exact) mass is 585 g/mol. The first-order valence-corrected chi connectivity index (χ1v) is 14.4. The van der Waals surface area contributed by atoms with Gasteiger partial charge in [0.2, 0.25) is 5.91 Å². The number of nitrogens with one attached hydrogen (secondary N) is 1. The molecule has 9 heteroatoms. The molecule has 0 aliphatic carbocycles. The van der Waals surface area contributed by atoms with E-state index in [2.05, 4.69) is 5.32 Å². The number of para-hydroxylation sites is 2. The first-order valence-electron chi connectivity index (χ1n) is 14.4. The second kappa shape index (κ2) is 10.3. The number of nitrogens with zero attached hydrogens (tertiary/aromatic N) is 2. The number of benzene rings is 4. The molecule has 0 saturated carbocycles. The van der Waals surface area contributed by atoms with E-state index in [4.69, 9.17) is 4.74 Å². The molecule has 3 aliphatic rings. The molecule has 7 rings (SSSR count). The van der Waals surface area contributed by atoms with Crippen LogP contribution in [-0.2, 0) is 10.2 Å². The Bertz CT molecular complexity index is 1900. The summed E-state index contributed by atoms with van der Waals surface area (Å²) in [5.41, 5.74) is 1.43. The summed E-state index contributed by atoms with van der Waals surface area (Å²) in [5.74, 6) is -2.18. The van der Waals surface area contributed by atoms with Crippen molar-refractivity contribution in [3.05, 3.63) is 141 Å². The molecule has 9 nitrogen and oxygen atoms in total. The lowest BCUT2D eigenvalue weighted by Crippen LogP contribution is -2.49. The van der Waals surface area contributed by atoms with Crippen molar-refractivity contribution in [2.75, 3.05) is 11.9 Å². The molecule has 4 atom stereocenters. The highest BCUT2D eigenvalue weighted by molar-refractivity contribution is 6.17. The fraction of sp³-hybridized carbons (Fsp3) is 0.171. The minimum atomic E-state index is -1.52. The number of hydrogen-bond donors (Lipinski definition) is 1. The summed E-state index contributed by atoms with van der Waals surface area (Å²) in [6, 6.07) is 25.3. The maximum absolute atomic E-state index is 15.1. The van der Waals surface area contributed by atoms with Crippen molar-refractivity contribution in [2.24, 2.45) is 5.92 Å². The number of nitro groups is 1. The minimum Gasteiger partial charge on any atom is -0.493 e. The van der Waals surface area contributed by atoms with E-state index >= 15 is 4.79 Å². The maximum Gasteiger partial charge on any atom is 0.270 e. The van der Waals surface area contributed by atoms with Crippen molar-refractivity contribution in [3.8, 4) is 5.75 Å². The summed E-state index contributed by atoms with van der Waals surface area (Å²) < 4.78 is 5.85. The van der Waals surface area contributed by atoms with Crippen molar-refractivity contribution in [2.45, 2.75) is 24.4 Å². The first-order chi connectivity index (χ1) is 21.4. The molecular formula is C35H27N3O6. The number of amides is 1. The zero-order valence-corrected chi connectivity index (χ0v) is 23.7. The van der Waals surface area contributed by atoms with Gasteiger partial charge in [0.25, 0.3) is 5.69 Å². The fourth-order valence-electron chi connectivity index (χ4n) is 7.23. The number of carbonyl (C=O) groups is 3. The number of fused-ring (bicyclic) bond motifs is 6. The normalized spacial score (nSPS) is 22.6. The van der Waals surface area contributed by atoms with Crippen LogP contribution in [0.1, 0.15) is 50.4 Å². The molecule has 0 unspecified atom stereocenters. The summed E-state index contributed by atoms with van der Waals surface area (Å²) in [4.78, 5) is 57.2. The zero-order valence-electron chi connectivity index (χ0n) is 23.7. The molecule has 0 bridgehead atoms. The van der Waals surface area contributed by atoms with E-state index in [1.54, 1.807) is 41.4 Å². The SMILES string of the molecule is CCOc1ccccc1C(=O)[C@@H]1[C@@H](C(=O)c2cccc([N+](=O)[O-])c2)N2C=Cc3ccccc3[C@@H]2[C@]12C(=O)Nc1ccccc12. The van der Waals surface area contributed by atoms with Gasteiger partial charge in [-0.2, -0.15) is 0 Å². The number of anilines is 1. The van der Waals surface area contributed by atoms with Crippen LogP contribution in [0.5, 0.6) is 5.75 Å². The quantitative estimate of drug-likeness (QED) is 0.161.